The summed E-state index contributed by atoms with van der Waals surface area (Å²) in [6.07, 6.45) is 7.85. The smallest absolute Gasteiger partial charge is 0.312 e. The molecule has 21 heavy (non-hydrogen) atoms. The molecule has 0 spiro atoms. The molecule has 1 fully saturated rings. The van der Waals surface area contributed by atoms with Crippen LogP contribution >= 0.6 is 0 Å². The highest BCUT2D eigenvalue weighted by Crippen LogP contribution is 2.43. The normalized spacial score (nSPS) is 19.5. The molecule has 0 amide bonds. The maximum absolute atomic E-state index is 12.7. The number of nitrogens with zero attached hydrogens (tertiary/aromatic N) is 1. The SMILES string of the molecule is CC[C@H](C)CC1(C(=O)OCCN(CC)CC)CCCCC1. The van der Waals surface area contributed by atoms with Gasteiger partial charge in [0.2, 0.25) is 0 Å². The summed E-state index contributed by atoms with van der Waals surface area (Å²) in [5.74, 6) is 0.688. The van der Waals surface area contributed by atoms with Gasteiger partial charge in [0.15, 0.2) is 0 Å². The van der Waals surface area contributed by atoms with Gasteiger partial charge in [-0.25, -0.2) is 0 Å². The molecule has 0 bridgehead atoms. The molecule has 1 atom stereocenters. The molecule has 1 saturated carbocycles. The minimum atomic E-state index is -0.184. The van der Waals surface area contributed by atoms with Crippen molar-refractivity contribution in [2.24, 2.45) is 11.3 Å². The third kappa shape index (κ3) is 5.61. The largest absolute Gasteiger partial charge is 0.464 e. The number of carbonyl (C=O) groups is 1. The monoisotopic (exact) mass is 297 g/mol. The fourth-order valence-electron chi connectivity index (χ4n) is 3.49. The second-order valence-electron chi connectivity index (χ2n) is 6.72. The predicted molar refractivity (Wildman–Crippen MR) is 88.3 cm³/mol. The lowest BCUT2D eigenvalue weighted by molar-refractivity contribution is -0.160. The average molecular weight is 297 g/mol. The lowest BCUT2D eigenvalue weighted by Crippen LogP contribution is -2.38. The van der Waals surface area contributed by atoms with Gasteiger partial charge in [-0.2, -0.15) is 0 Å². The lowest BCUT2D eigenvalue weighted by Gasteiger charge is -2.37. The van der Waals surface area contributed by atoms with Crippen LogP contribution in [0.5, 0.6) is 0 Å². The molecular weight excluding hydrogens is 262 g/mol. The molecule has 0 aromatic carbocycles. The van der Waals surface area contributed by atoms with E-state index in [0.29, 0.717) is 12.5 Å². The van der Waals surface area contributed by atoms with Gasteiger partial charge in [0, 0.05) is 6.54 Å². The van der Waals surface area contributed by atoms with Crippen LogP contribution in [-0.4, -0.2) is 37.1 Å². The van der Waals surface area contributed by atoms with Gasteiger partial charge in [-0.05, 0) is 38.3 Å². The van der Waals surface area contributed by atoms with Gasteiger partial charge in [0.05, 0.1) is 5.41 Å². The molecule has 0 aliphatic heterocycles. The Morgan fingerprint density at radius 2 is 1.76 bits per heavy atom. The Morgan fingerprint density at radius 1 is 1.14 bits per heavy atom. The van der Waals surface area contributed by atoms with Crippen LogP contribution in [0.2, 0.25) is 0 Å². The van der Waals surface area contributed by atoms with Gasteiger partial charge in [0.25, 0.3) is 0 Å². The Kier molecular flexibility index (Phi) is 8.31. The first kappa shape index (κ1) is 18.5. The third-order valence-electron chi connectivity index (χ3n) is 5.21. The van der Waals surface area contributed by atoms with Gasteiger partial charge < -0.3 is 9.64 Å². The quantitative estimate of drug-likeness (QED) is 0.596. The number of esters is 1. The molecule has 0 unspecified atom stereocenters. The van der Waals surface area contributed by atoms with Gasteiger partial charge in [0.1, 0.15) is 6.61 Å². The Hall–Kier alpha value is -0.570. The van der Waals surface area contributed by atoms with Crippen molar-refractivity contribution in [2.75, 3.05) is 26.2 Å². The van der Waals surface area contributed by atoms with Crippen molar-refractivity contribution >= 4 is 5.97 Å². The summed E-state index contributed by atoms with van der Waals surface area (Å²) in [5, 5.41) is 0. The molecule has 1 rings (SSSR count). The van der Waals surface area contributed by atoms with Crippen molar-refractivity contribution in [3.8, 4) is 0 Å². The van der Waals surface area contributed by atoms with E-state index < -0.39 is 0 Å². The number of carbonyl (C=O) groups excluding carboxylic acids is 1. The van der Waals surface area contributed by atoms with Gasteiger partial charge in [-0.1, -0.05) is 53.4 Å². The van der Waals surface area contributed by atoms with Crippen LogP contribution in [-0.2, 0) is 9.53 Å². The molecular formula is C18H35NO2. The highest BCUT2D eigenvalue weighted by atomic mass is 16.5. The number of hydrogen-bond acceptors (Lipinski definition) is 3. The van der Waals surface area contributed by atoms with Crippen molar-refractivity contribution in [1.82, 2.24) is 4.90 Å². The molecule has 0 aromatic rings. The first-order chi connectivity index (χ1) is 10.1. The Bertz CT molecular complexity index is 294. The molecule has 3 heteroatoms. The second-order valence-corrected chi connectivity index (χ2v) is 6.72. The van der Waals surface area contributed by atoms with Crippen molar-refractivity contribution in [3.05, 3.63) is 0 Å². The van der Waals surface area contributed by atoms with Crippen LogP contribution in [0.3, 0.4) is 0 Å². The first-order valence-electron chi connectivity index (χ1n) is 8.97. The van der Waals surface area contributed by atoms with Gasteiger partial charge in [-0.3, -0.25) is 4.79 Å². The minimum absolute atomic E-state index is 0.0784. The summed E-state index contributed by atoms with van der Waals surface area (Å²) in [5.41, 5.74) is -0.184. The van der Waals surface area contributed by atoms with Crippen LogP contribution in [0.4, 0.5) is 0 Å². The zero-order valence-corrected chi connectivity index (χ0v) is 14.6. The van der Waals surface area contributed by atoms with E-state index in [9.17, 15) is 4.79 Å². The lowest BCUT2D eigenvalue weighted by atomic mass is 9.69. The van der Waals surface area contributed by atoms with E-state index in [1.54, 1.807) is 0 Å². The maximum atomic E-state index is 12.7. The standard InChI is InChI=1S/C18H35NO2/c1-5-16(4)15-18(11-9-8-10-12-18)17(20)21-14-13-19(6-2)7-3/h16H,5-15H2,1-4H3/t16-/m0/s1. The van der Waals surface area contributed by atoms with E-state index in [0.717, 1.165) is 45.3 Å². The first-order valence-corrected chi connectivity index (χ1v) is 8.97. The van der Waals surface area contributed by atoms with E-state index in [-0.39, 0.29) is 11.4 Å². The fourth-order valence-corrected chi connectivity index (χ4v) is 3.49. The number of hydrogen-bond donors (Lipinski definition) is 0. The van der Waals surface area contributed by atoms with E-state index in [4.69, 9.17) is 4.74 Å². The Labute approximate surface area is 131 Å². The molecule has 1 aliphatic rings. The molecule has 3 nitrogen and oxygen atoms in total. The fraction of sp³-hybridized carbons (Fsp3) is 0.944. The molecule has 0 saturated heterocycles. The summed E-state index contributed by atoms with van der Waals surface area (Å²) >= 11 is 0. The highest BCUT2D eigenvalue weighted by Gasteiger charge is 2.41. The zero-order valence-electron chi connectivity index (χ0n) is 14.6. The Balaban J connectivity index is 2.55. The molecule has 1 aliphatic carbocycles. The summed E-state index contributed by atoms with van der Waals surface area (Å²) in [4.78, 5) is 15.0. The van der Waals surface area contributed by atoms with Crippen molar-refractivity contribution < 1.29 is 9.53 Å². The van der Waals surface area contributed by atoms with Crippen LogP contribution in [0, 0.1) is 11.3 Å². The number of rotatable bonds is 9. The number of ether oxygens (including phenoxy) is 1. The van der Waals surface area contributed by atoms with E-state index >= 15 is 0 Å². The molecule has 0 heterocycles. The van der Waals surface area contributed by atoms with E-state index in [1.807, 2.05) is 0 Å². The van der Waals surface area contributed by atoms with Crippen LogP contribution < -0.4 is 0 Å². The maximum Gasteiger partial charge on any atom is 0.312 e. The second kappa shape index (κ2) is 9.45. The van der Waals surface area contributed by atoms with E-state index in [2.05, 4.69) is 32.6 Å². The topological polar surface area (TPSA) is 29.5 Å². The van der Waals surface area contributed by atoms with Crippen molar-refractivity contribution in [2.45, 2.75) is 72.6 Å². The van der Waals surface area contributed by atoms with Crippen LogP contribution in [0.1, 0.15) is 72.6 Å². The molecule has 0 radical (unpaired) electrons. The van der Waals surface area contributed by atoms with E-state index in [1.165, 1.54) is 19.3 Å². The van der Waals surface area contributed by atoms with Crippen molar-refractivity contribution in [1.29, 1.82) is 0 Å². The summed E-state index contributed by atoms with van der Waals surface area (Å²) < 4.78 is 5.68. The highest BCUT2D eigenvalue weighted by molar-refractivity contribution is 5.77. The van der Waals surface area contributed by atoms with Crippen LogP contribution in [0.15, 0.2) is 0 Å². The zero-order chi connectivity index (χ0) is 15.7. The number of likely N-dealkylation sites (N-methyl/N-ethyl adjacent to an activating group) is 1. The van der Waals surface area contributed by atoms with Gasteiger partial charge >= 0.3 is 5.97 Å². The summed E-state index contributed by atoms with van der Waals surface area (Å²) in [6, 6.07) is 0. The minimum Gasteiger partial charge on any atom is -0.464 e. The molecule has 0 N–H and O–H groups in total. The van der Waals surface area contributed by atoms with Crippen molar-refractivity contribution in [3.63, 3.8) is 0 Å². The average Bonchev–Trinajstić information content (AvgIpc) is 2.52. The molecule has 0 aromatic heterocycles. The summed E-state index contributed by atoms with van der Waals surface area (Å²) in [6.45, 7) is 12.2. The molecule has 124 valence electrons. The predicted octanol–water partition coefficient (Wildman–Crippen LogP) is 4.26. The van der Waals surface area contributed by atoms with Crippen LogP contribution in [0.25, 0.3) is 0 Å². The van der Waals surface area contributed by atoms with Gasteiger partial charge in [-0.15, -0.1) is 0 Å². The summed E-state index contributed by atoms with van der Waals surface area (Å²) in [7, 11) is 0. The Morgan fingerprint density at radius 3 is 2.29 bits per heavy atom. The third-order valence-corrected chi connectivity index (χ3v) is 5.21.